The molecule has 1 aliphatic rings. The Hall–Kier alpha value is -2.44. The van der Waals surface area contributed by atoms with E-state index in [1.807, 2.05) is 22.8 Å². The van der Waals surface area contributed by atoms with Gasteiger partial charge in [0, 0.05) is 18.2 Å². The summed E-state index contributed by atoms with van der Waals surface area (Å²) in [5.41, 5.74) is 3.95. The summed E-state index contributed by atoms with van der Waals surface area (Å²) in [7, 11) is 0. The summed E-state index contributed by atoms with van der Waals surface area (Å²) in [6.07, 6.45) is 6.66. The molecule has 6 heteroatoms. The molecule has 4 rings (SSSR count). The summed E-state index contributed by atoms with van der Waals surface area (Å²) < 4.78 is 7.86. The van der Waals surface area contributed by atoms with Gasteiger partial charge in [0.05, 0.1) is 18.0 Å². The number of fused-ring (bicyclic) bond motifs is 1. The first-order valence-corrected chi connectivity index (χ1v) is 9.62. The monoisotopic (exact) mass is 367 g/mol. The smallest absolute Gasteiger partial charge is 0.232 e. The largest absolute Gasteiger partial charge is 0.473 e. The minimum atomic E-state index is -0.194. The molecule has 2 heterocycles. The van der Waals surface area contributed by atoms with Gasteiger partial charge in [0.2, 0.25) is 5.88 Å². The second kappa shape index (κ2) is 8.06. The highest BCUT2D eigenvalue weighted by Gasteiger charge is 2.21. The van der Waals surface area contributed by atoms with Crippen LogP contribution in [0.3, 0.4) is 0 Å². The van der Waals surface area contributed by atoms with Crippen molar-refractivity contribution in [2.24, 2.45) is 0 Å². The number of imidazole rings is 1. The third-order valence-corrected chi connectivity index (χ3v) is 5.14. The van der Waals surface area contributed by atoms with Gasteiger partial charge in [-0.25, -0.2) is 9.50 Å². The molecule has 0 atom stereocenters. The number of nitrogens with zero attached hydrogens (tertiary/aromatic N) is 3. The fraction of sp³-hybridized carbons (Fsp3) is 0.429. The molecule has 0 amide bonds. The third kappa shape index (κ3) is 4.12. The van der Waals surface area contributed by atoms with E-state index in [0.29, 0.717) is 5.88 Å². The van der Waals surface area contributed by atoms with E-state index in [-0.39, 0.29) is 18.8 Å². The maximum atomic E-state index is 9.64. The maximum absolute atomic E-state index is 9.64. The number of benzene rings is 1. The molecule has 142 valence electrons. The normalized spacial score (nSPS) is 20.1. The second-order valence-electron chi connectivity index (χ2n) is 7.16. The lowest BCUT2D eigenvalue weighted by molar-refractivity contribution is 0.0637. The van der Waals surface area contributed by atoms with Crippen molar-refractivity contribution in [3.8, 4) is 17.1 Å². The van der Waals surface area contributed by atoms with Crippen LogP contribution in [0.1, 0.15) is 37.7 Å². The van der Waals surface area contributed by atoms with Gasteiger partial charge in [0.15, 0.2) is 5.65 Å². The number of aromatic nitrogens is 3. The average Bonchev–Trinajstić information content (AvgIpc) is 3.12. The SMILES string of the molecule is OCCCc1ccc(-c2cnc3ccc(OC4CCC(O)CC4)nn23)cc1. The highest BCUT2D eigenvalue weighted by Crippen LogP contribution is 2.25. The minimum absolute atomic E-state index is 0.108. The average molecular weight is 367 g/mol. The van der Waals surface area contributed by atoms with Gasteiger partial charge in [-0.05, 0) is 50.2 Å². The van der Waals surface area contributed by atoms with Gasteiger partial charge in [0.1, 0.15) is 6.10 Å². The molecule has 2 N–H and O–H groups in total. The Balaban J connectivity index is 1.55. The fourth-order valence-corrected chi connectivity index (χ4v) is 3.58. The number of rotatable bonds is 6. The Morgan fingerprint density at radius 2 is 1.81 bits per heavy atom. The lowest BCUT2D eigenvalue weighted by Gasteiger charge is -2.25. The number of aliphatic hydroxyl groups is 2. The Morgan fingerprint density at radius 3 is 2.56 bits per heavy atom. The van der Waals surface area contributed by atoms with E-state index in [1.165, 1.54) is 5.56 Å². The van der Waals surface area contributed by atoms with Gasteiger partial charge < -0.3 is 14.9 Å². The number of aryl methyl sites for hydroxylation is 1. The van der Waals surface area contributed by atoms with Crippen LogP contribution in [-0.2, 0) is 6.42 Å². The van der Waals surface area contributed by atoms with Crippen LogP contribution < -0.4 is 4.74 Å². The summed E-state index contributed by atoms with van der Waals surface area (Å²) in [6.45, 7) is 0.210. The van der Waals surface area contributed by atoms with Crippen molar-refractivity contribution in [2.75, 3.05) is 6.61 Å². The summed E-state index contributed by atoms with van der Waals surface area (Å²) in [5, 5.41) is 23.2. The zero-order valence-electron chi connectivity index (χ0n) is 15.3. The number of ether oxygens (including phenoxy) is 1. The second-order valence-corrected chi connectivity index (χ2v) is 7.16. The summed E-state index contributed by atoms with van der Waals surface area (Å²) in [4.78, 5) is 4.44. The van der Waals surface area contributed by atoms with Crippen LogP contribution in [-0.4, -0.2) is 43.6 Å². The molecule has 1 fully saturated rings. The van der Waals surface area contributed by atoms with Crippen LogP contribution in [0.25, 0.3) is 16.9 Å². The third-order valence-electron chi connectivity index (χ3n) is 5.14. The number of hydrogen-bond donors (Lipinski definition) is 2. The molecule has 0 spiro atoms. The fourth-order valence-electron chi connectivity index (χ4n) is 3.58. The first kappa shape index (κ1) is 17.9. The van der Waals surface area contributed by atoms with E-state index in [4.69, 9.17) is 9.84 Å². The van der Waals surface area contributed by atoms with Crippen molar-refractivity contribution in [1.82, 2.24) is 14.6 Å². The molecule has 0 bridgehead atoms. The summed E-state index contributed by atoms with van der Waals surface area (Å²) in [5.74, 6) is 0.586. The molecule has 0 saturated heterocycles. The van der Waals surface area contributed by atoms with E-state index >= 15 is 0 Å². The highest BCUT2D eigenvalue weighted by molar-refractivity contribution is 5.63. The molecule has 0 aliphatic heterocycles. The molecule has 0 unspecified atom stereocenters. The molecule has 27 heavy (non-hydrogen) atoms. The predicted molar refractivity (Wildman–Crippen MR) is 103 cm³/mol. The molecule has 1 aliphatic carbocycles. The Bertz CT molecular complexity index is 883. The van der Waals surface area contributed by atoms with E-state index in [2.05, 4.69) is 34.3 Å². The summed E-state index contributed by atoms with van der Waals surface area (Å²) in [6, 6.07) is 12.1. The van der Waals surface area contributed by atoms with Gasteiger partial charge in [0.25, 0.3) is 0 Å². The van der Waals surface area contributed by atoms with Gasteiger partial charge in [-0.1, -0.05) is 24.3 Å². The number of hydrogen-bond acceptors (Lipinski definition) is 5. The van der Waals surface area contributed by atoms with Crippen molar-refractivity contribution in [3.05, 3.63) is 48.2 Å². The molecular weight excluding hydrogens is 342 g/mol. The van der Waals surface area contributed by atoms with Gasteiger partial charge in [-0.15, -0.1) is 5.10 Å². The zero-order valence-corrected chi connectivity index (χ0v) is 15.3. The summed E-state index contributed by atoms with van der Waals surface area (Å²) >= 11 is 0. The first-order valence-electron chi connectivity index (χ1n) is 9.62. The molecule has 1 saturated carbocycles. The van der Waals surface area contributed by atoms with Crippen LogP contribution in [0.15, 0.2) is 42.6 Å². The molecule has 6 nitrogen and oxygen atoms in total. The van der Waals surface area contributed by atoms with Crippen molar-refractivity contribution >= 4 is 5.65 Å². The van der Waals surface area contributed by atoms with Crippen LogP contribution in [0.4, 0.5) is 0 Å². The minimum Gasteiger partial charge on any atom is -0.473 e. The maximum Gasteiger partial charge on any atom is 0.232 e. The van der Waals surface area contributed by atoms with Gasteiger partial charge in [-0.3, -0.25) is 0 Å². The molecule has 3 aromatic rings. The quantitative estimate of drug-likeness (QED) is 0.700. The van der Waals surface area contributed by atoms with Crippen molar-refractivity contribution in [1.29, 1.82) is 0 Å². The van der Waals surface area contributed by atoms with Gasteiger partial charge >= 0.3 is 0 Å². The van der Waals surface area contributed by atoms with E-state index in [9.17, 15) is 5.11 Å². The van der Waals surface area contributed by atoms with Gasteiger partial charge in [-0.2, -0.15) is 0 Å². The molecule has 1 aromatic carbocycles. The standard InChI is InChI=1S/C21H25N3O3/c25-13-1-2-15-3-5-16(6-4-15)19-14-22-20-11-12-21(23-24(19)20)27-18-9-7-17(26)8-10-18/h3-6,11-12,14,17-18,25-26H,1-2,7-10,13H2. The van der Waals surface area contributed by atoms with Crippen molar-refractivity contribution in [2.45, 2.75) is 50.7 Å². The highest BCUT2D eigenvalue weighted by atomic mass is 16.5. The molecule has 2 aromatic heterocycles. The zero-order chi connectivity index (χ0) is 18.6. The molecular formula is C21H25N3O3. The van der Waals surface area contributed by atoms with Crippen molar-refractivity contribution < 1.29 is 14.9 Å². The van der Waals surface area contributed by atoms with Crippen LogP contribution in [0.2, 0.25) is 0 Å². The van der Waals surface area contributed by atoms with E-state index in [1.54, 1.807) is 0 Å². The topological polar surface area (TPSA) is 79.9 Å². The van der Waals surface area contributed by atoms with E-state index in [0.717, 1.165) is 55.4 Å². The molecule has 0 radical (unpaired) electrons. The predicted octanol–water partition coefficient (Wildman–Crippen LogP) is 3.00. The Labute approximate surface area is 158 Å². The van der Waals surface area contributed by atoms with Crippen molar-refractivity contribution in [3.63, 3.8) is 0 Å². The van der Waals surface area contributed by atoms with Crippen LogP contribution >= 0.6 is 0 Å². The lowest BCUT2D eigenvalue weighted by atomic mass is 9.95. The van der Waals surface area contributed by atoms with E-state index < -0.39 is 0 Å². The Morgan fingerprint density at radius 1 is 1.04 bits per heavy atom. The lowest BCUT2D eigenvalue weighted by Crippen LogP contribution is -2.26. The first-order chi connectivity index (χ1) is 13.2. The van der Waals surface area contributed by atoms with Crippen LogP contribution in [0.5, 0.6) is 5.88 Å². The number of aliphatic hydroxyl groups excluding tert-OH is 2. The van der Waals surface area contributed by atoms with Crippen LogP contribution in [0, 0.1) is 0 Å². The Kier molecular flexibility index (Phi) is 5.36.